The monoisotopic (exact) mass is 513 g/mol. The molecular weight excluding hydrogens is 491 g/mol. The largest absolute Gasteiger partial charge is 0.495 e. The first kappa shape index (κ1) is 24.9. The molecule has 0 heterocycles. The molecule has 0 atom stereocenters. The van der Waals surface area contributed by atoms with Crippen LogP contribution in [-0.4, -0.2) is 13.0 Å². The Morgan fingerprint density at radius 2 is 1.47 bits per heavy atom. The fraction of sp³-hybridized carbons (Fsp3) is 0.0645. The molecule has 1 N–H and O–H groups in total. The summed E-state index contributed by atoms with van der Waals surface area (Å²) >= 11 is 0. The highest BCUT2D eigenvalue weighted by Crippen LogP contribution is 2.40. The lowest BCUT2D eigenvalue weighted by Crippen LogP contribution is -2.15. The van der Waals surface area contributed by atoms with Gasteiger partial charge in [0.15, 0.2) is 5.75 Å². The molecule has 5 aromatic carbocycles. The lowest BCUT2D eigenvalue weighted by atomic mass is 10.0. The number of hydrogen-bond donors (Lipinski definition) is 1. The van der Waals surface area contributed by atoms with Gasteiger partial charge in [-0.1, -0.05) is 78.9 Å². The minimum Gasteiger partial charge on any atom is -0.495 e. The van der Waals surface area contributed by atoms with Crippen molar-refractivity contribution in [2.45, 2.75) is 6.18 Å². The van der Waals surface area contributed by atoms with E-state index in [1.807, 2.05) is 66.7 Å². The number of nitrogens with one attached hydrogen (secondary N) is 1. The van der Waals surface area contributed by atoms with Crippen LogP contribution in [0.15, 0.2) is 109 Å². The minimum atomic E-state index is -4.61. The predicted octanol–water partition coefficient (Wildman–Crippen LogP) is 8.58. The summed E-state index contributed by atoms with van der Waals surface area (Å²) in [5.74, 6) is 0.185. The molecule has 0 fully saturated rings. The molecule has 4 nitrogen and oxygen atoms in total. The zero-order valence-electron chi connectivity index (χ0n) is 20.3. The van der Waals surface area contributed by atoms with Gasteiger partial charge in [0.1, 0.15) is 11.5 Å². The molecule has 38 heavy (non-hydrogen) atoms. The van der Waals surface area contributed by atoms with Crippen LogP contribution < -0.4 is 14.8 Å². The highest BCUT2D eigenvalue weighted by molar-refractivity contribution is 6.10. The molecule has 0 saturated heterocycles. The van der Waals surface area contributed by atoms with Gasteiger partial charge >= 0.3 is 6.18 Å². The van der Waals surface area contributed by atoms with Crippen molar-refractivity contribution in [3.63, 3.8) is 0 Å². The van der Waals surface area contributed by atoms with E-state index in [1.165, 1.54) is 13.2 Å². The van der Waals surface area contributed by atoms with Gasteiger partial charge in [-0.25, -0.2) is 0 Å². The topological polar surface area (TPSA) is 47.6 Å². The summed E-state index contributed by atoms with van der Waals surface area (Å²) in [5.41, 5.74) is 0.770. The Labute approximate surface area is 217 Å². The number of benzene rings is 5. The van der Waals surface area contributed by atoms with Crippen LogP contribution >= 0.6 is 0 Å². The molecule has 0 unspecified atom stereocenters. The first-order valence-corrected chi connectivity index (χ1v) is 11.8. The van der Waals surface area contributed by atoms with Crippen molar-refractivity contribution in [2.75, 3.05) is 12.4 Å². The average Bonchev–Trinajstić information content (AvgIpc) is 2.93. The summed E-state index contributed by atoms with van der Waals surface area (Å²) in [6.45, 7) is 0. The van der Waals surface area contributed by atoms with Crippen molar-refractivity contribution in [1.82, 2.24) is 0 Å². The third-order valence-corrected chi connectivity index (χ3v) is 6.08. The van der Waals surface area contributed by atoms with E-state index in [1.54, 1.807) is 24.3 Å². The van der Waals surface area contributed by atoms with Crippen molar-refractivity contribution < 1.29 is 27.4 Å². The van der Waals surface area contributed by atoms with Crippen LogP contribution in [0.4, 0.5) is 18.9 Å². The number of methoxy groups -OCH3 is 1. The van der Waals surface area contributed by atoms with Gasteiger partial charge in [-0.05, 0) is 41.3 Å². The molecule has 7 heteroatoms. The molecule has 0 saturated carbocycles. The molecule has 1 amide bonds. The quantitative estimate of drug-likeness (QED) is 0.247. The lowest BCUT2D eigenvalue weighted by molar-refractivity contribution is -0.137. The number of hydrogen-bond acceptors (Lipinski definition) is 3. The van der Waals surface area contributed by atoms with Crippen LogP contribution in [-0.2, 0) is 6.18 Å². The van der Waals surface area contributed by atoms with Gasteiger partial charge in [0, 0.05) is 10.9 Å². The highest BCUT2D eigenvalue weighted by Gasteiger charge is 2.32. The van der Waals surface area contributed by atoms with Gasteiger partial charge < -0.3 is 14.8 Å². The Morgan fingerprint density at radius 1 is 0.763 bits per heavy atom. The third-order valence-electron chi connectivity index (χ3n) is 6.08. The number of amides is 1. The van der Waals surface area contributed by atoms with Gasteiger partial charge in [0.2, 0.25) is 0 Å². The van der Waals surface area contributed by atoms with Crippen LogP contribution in [0.25, 0.3) is 21.9 Å². The summed E-state index contributed by atoms with van der Waals surface area (Å²) < 4.78 is 52.4. The Bertz CT molecular complexity index is 1610. The minimum absolute atomic E-state index is 0.0643. The molecule has 0 spiro atoms. The predicted molar refractivity (Wildman–Crippen MR) is 142 cm³/mol. The van der Waals surface area contributed by atoms with Gasteiger partial charge in [0.25, 0.3) is 5.91 Å². The van der Waals surface area contributed by atoms with Crippen LogP contribution in [0.2, 0.25) is 0 Å². The number of alkyl halides is 3. The van der Waals surface area contributed by atoms with Crippen LogP contribution in [0, 0.1) is 0 Å². The number of carbonyl (C=O) groups excluding carboxylic acids is 1. The number of carbonyl (C=O) groups is 1. The molecular formula is C31H22F3NO3. The standard InChI is InChI=1S/C31H22F3NO3/c1-37-29-24-13-6-5-11-21(24)15-17-25(29)30(36)35-26-19-22(31(32,33)34)16-18-28(26)38-27-14-8-7-12-23(27)20-9-3-2-4-10-20/h2-19H,1H3,(H,35,36). The highest BCUT2D eigenvalue weighted by atomic mass is 19.4. The van der Waals surface area contributed by atoms with Crippen LogP contribution in [0.5, 0.6) is 17.2 Å². The zero-order valence-corrected chi connectivity index (χ0v) is 20.3. The third kappa shape index (κ3) is 5.04. The number of fused-ring (bicyclic) bond motifs is 1. The second-order valence-corrected chi connectivity index (χ2v) is 8.49. The summed E-state index contributed by atoms with van der Waals surface area (Å²) in [6, 6.07) is 30.3. The molecule has 190 valence electrons. The summed E-state index contributed by atoms with van der Waals surface area (Å²) in [7, 11) is 1.44. The Morgan fingerprint density at radius 3 is 2.24 bits per heavy atom. The number of para-hydroxylation sites is 1. The Hall–Kier alpha value is -4.78. The maximum atomic E-state index is 13.6. The van der Waals surface area contributed by atoms with Gasteiger partial charge in [-0.15, -0.1) is 0 Å². The van der Waals surface area contributed by atoms with E-state index in [4.69, 9.17) is 9.47 Å². The summed E-state index contributed by atoms with van der Waals surface area (Å²) in [6.07, 6.45) is -4.61. The van der Waals surface area contributed by atoms with E-state index >= 15 is 0 Å². The molecule has 0 aliphatic heterocycles. The van der Waals surface area contributed by atoms with Gasteiger partial charge in [0.05, 0.1) is 23.9 Å². The maximum absolute atomic E-state index is 13.6. The molecule has 5 aromatic rings. The van der Waals surface area contributed by atoms with E-state index in [9.17, 15) is 18.0 Å². The Kier molecular flexibility index (Phi) is 6.75. The smallest absolute Gasteiger partial charge is 0.416 e. The van der Waals surface area contributed by atoms with E-state index in [0.717, 1.165) is 28.6 Å². The van der Waals surface area contributed by atoms with E-state index < -0.39 is 17.6 Å². The summed E-state index contributed by atoms with van der Waals surface area (Å²) in [5, 5.41) is 4.19. The molecule has 0 aliphatic rings. The van der Waals surface area contributed by atoms with E-state index in [2.05, 4.69) is 5.32 Å². The summed E-state index contributed by atoms with van der Waals surface area (Å²) in [4.78, 5) is 13.4. The van der Waals surface area contributed by atoms with E-state index in [-0.39, 0.29) is 17.0 Å². The van der Waals surface area contributed by atoms with Crippen molar-refractivity contribution in [3.05, 3.63) is 120 Å². The molecule has 5 rings (SSSR count). The number of halogens is 3. The van der Waals surface area contributed by atoms with Gasteiger partial charge in [-0.3, -0.25) is 4.79 Å². The number of anilines is 1. The molecule has 0 bridgehead atoms. The normalized spacial score (nSPS) is 11.3. The SMILES string of the molecule is COc1c(C(=O)Nc2cc(C(F)(F)F)ccc2Oc2ccccc2-c2ccccc2)ccc2ccccc12. The molecule has 0 radical (unpaired) electrons. The maximum Gasteiger partial charge on any atom is 0.416 e. The van der Waals surface area contributed by atoms with Crippen LogP contribution in [0.3, 0.4) is 0 Å². The average molecular weight is 514 g/mol. The zero-order chi connectivity index (χ0) is 26.7. The second-order valence-electron chi connectivity index (χ2n) is 8.49. The first-order chi connectivity index (χ1) is 18.3. The lowest BCUT2D eigenvalue weighted by Gasteiger charge is -2.18. The fourth-order valence-corrected chi connectivity index (χ4v) is 4.25. The van der Waals surface area contributed by atoms with Crippen molar-refractivity contribution >= 4 is 22.4 Å². The molecule has 0 aromatic heterocycles. The molecule has 0 aliphatic carbocycles. The van der Waals surface area contributed by atoms with Crippen molar-refractivity contribution in [1.29, 1.82) is 0 Å². The number of ether oxygens (including phenoxy) is 2. The van der Waals surface area contributed by atoms with Gasteiger partial charge in [-0.2, -0.15) is 13.2 Å². The fourth-order valence-electron chi connectivity index (χ4n) is 4.25. The van der Waals surface area contributed by atoms with Crippen molar-refractivity contribution in [3.8, 4) is 28.4 Å². The number of rotatable bonds is 6. The Balaban J connectivity index is 1.55. The first-order valence-electron chi connectivity index (χ1n) is 11.8. The van der Waals surface area contributed by atoms with E-state index in [0.29, 0.717) is 16.9 Å². The van der Waals surface area contributed by atoms with Crippen molar-refractivity contribution in [2.24, 2.45) is 0 Å². The van der Waals surface area contributed by atoms with Crippen LogP contribution in [0.1, 0.15) is 15.9 Å². The second kappa shape index (κ2) is 10.3.